The van der Waals surface area contributed by atoms with Crippen LogP contribution in [-0.4, -0.2) is 4.98 Å². The molecule has 2 aromatic heterocycles. The number of nitrogens with one attached hydrogen (secondary N) is 1. The molecule has 3 N–H and O–H groups in total. The van der Waals surface area contributed by atoms with Crippen LogP contribution in [0.25, 0.3) is 0 Å². The number of halogens is 1. The highest BCUT2D eigenvalue weighted by molar-refractivity contribution is 9.10. The van der Waals surface area contributed by atoms with Crippen LogP contribution in [0.5, 0.6) is 0 Å². The van der Waals surface area contributed by atoms with Gasteiger partial charge in [-0.3, -0.25) is 4.98 Å². The molecule has 0 saturated carbocycles. The van der Waals surface area contributed by atoms with Gasteiger partial charge in [0.1, 0.15) is 0 Å². The third-order valence-electron chi connectivity index (χ3n) is 1.90. The molecule has 0 aromatic carbocycles. The average molecular weight is 284 g/mol. The average Bonchev–Trinajstić information content (AvgIpc) is 2.61. The predicted molar refractivity (Wildman–Crippen MR) is 68.0 cm³/mol. The Morgan fingerprint density at radius 2 is 2.33 bits per heavy atom. The maximum Gasteiger partial charge on any atom is 0.0550 e. The summed E-state index contributed by atoms with van der Waals surface area (Å²) in [5, 5.41) is 5.32. The smallest absolute Gasteiger partial charge is 0.0550 e. The summed E-state index contributed by atoms with van der Waals surface area (Å²) in [6.07, 6.45) is 3.39. The largest absolute Gasteiger partial charge is 0.397 e. The zero-order chi connectivity index (χ0) is 10.7. The van der Waals surface area contributed by atoms with Gasteiger partial charge in [-0.05, 0) is 33.4 Å². The normalized spacial score (nSPS) is 10.2. The van der Waals surface area contributed by atoms with E-state index in [9.17, 15) is 0 Å². The highest BCUT2D eigenvalue weighted by Crippen LogP contribution is 2.23. The monoisotopic (exact) mass is 283 g/mol. The molecule has 3 nitrogen and oxygen atoms in total. The molecule has 2 rings (SSSR count). The molecule has 0 aliphatic rings. The van der Waals surface area contributed by atoms with Crippen molar-refractivity contribution >= 4 is 38.6 Å². The van der Waals surface area contributed by atoms with Gasteiger partial charge in [0.05, 0.1) is 24.1 Å². The Labute approximate surface area is 100 Å². The number of pyridine rings is 1. The molecule has 0 radical (unpaired) electrons. The third kappa shape index (κ3) is 2.70. The summed E-state index contributed by atoms with van der Waals surface area (Å²) in [6, 6.07) is 3.91. The number of thiophene rings is 1. The number of hydrogen-bond donors (Lipinski definition) is 2. The van der Waals surface area contributed by atoms with E-state index < -0.39 is 0 Å². The number of nitrogens with two attached hydrogens (primary N) is 1. The fourth-order valence-electron chi connectivity index (χ4n) is 1.19. The van der Waals surface area contributed by atoms with Gasteiger partial charge in [0, 0.05) is 15.5 Å². The molecule has 5 heteroatoms. The van der Waals surface area contributed by atoms with Crippen molar-refractivity contribution in [1.29, 1.82) is 0 Å². The van der Waals surface area contributed by atoms with Gasteiger partial charge in [-0.1, -0.05) is 0 Å². The number of hydrogen-bond acceptors (Lipinski definition) is 4. The lowest BCUT2D eigenvalue weighted by Crippen LogP contribution is -1.99. The molecule has 0 aliphatic heterocycles. The van der Waals surface area contributed by atoms with Gasteiger partial charge >= 0.3 is 0 Å². The van der Waals surface area contributed by atoms with Gasteiger partial charge in [-0.25, -0.2) is 0 Å². The lowest BCUT2D eigenvalue weighted by atomic mass is 10.3. The van der Waals surface area contributed by atoms with Gasteiger partial charge in [-0.2, -0.15) is 0 Å². The Balaban J connectivity index is 2.02. The molecule has 2 heterocycles. The SMILES string of the molecule is Nc1cncc(NCc2sccc2Br)c1. The first-order valence-corrected chi connectivity index (χ1v) is 6.09. The van der Waals surface area contributed by atoms with E-state index >= 15 is 0 Å². The van der Waals surface area contributed by atoms with Crippen LogP contribution >= 0.6 is 27.3 Å². The topological polar surface area (TPSA) is 50.9 Å². The van der Waals surface area contributed by atoms with Crippen LogP contribution in [0.15, 0.2) is 34.4 Å². The molecular formula is C10H10BrN3S. The Morgan fingerprint density at radius 3 is 3.00 bits per heavy atom. The fraction of sp³-hybridized carbons (Fsp3) is 0.100. The minimum absolute atomic E-state index is 0.672. The molecule has 0 saturated heterocycles. The van der Waals surface area contributed by atoms with Gasteiger partial charge in [0.15, 0.2) is 0 Å². The number of nitrogen functional groups attached to an aromatic ring is 1. The minimum atomic E-state index is 0.672. The summed E-state index contributed by atoms with van der Waals surface area (Å²) in [5.74, 6) is 0. The maximum atomic E-state index is 5.63. The van der Waals surface area contributed by atoms with E-state index in [1.807, 2.05) is 12.1 Å². The van der Waals surface area contributed by atoms with Crippen molar-refractivity contribution in [3.05, 3.63) is 39.3 Å². The Morgan fingerprint density at radius 1 is 1.47 bits per heavy atom. The molecular weight excluding hydrogens is 274 g/mol. The van der Waals surface area contributed by atoms with E-state index in [-0.39, 0.29) is 0 Å². The zero-order valence-corrected chi connectivity index (χ0v) is 10.3. The van der Waals surface area contributed by atoms with Crippen molar-refractivity contribution in [2.75, 3.05) is 11.1 Å². The summed E-state index contributed by atoms with van der Waals surface area (Å²) in [4.78, 5) is 5.27. The highest BCUT2D eigenvalue weighted by atomic mass is 79.9. The van der Waals surface area contributed by atoms with Crippen LogP contribution in [0.3, 0.4) is 0 Å². The molecule has 0 fully saturated rings. The van der Waals surface area contributed by atoms with Crippen molar-refractivity contribution in [1.82, 2.24) is 4.98 Å². The molecule has 0 spiro atoms. The molecule has 0 unspecified atom stereocenters. The molecule has 2 aromatic rings. The van der Waals surface area contributed by atoms with E-state index in [0.717, 1.165) is 16.7 Å². The molecule has 0 bridgehead atoms. The van der Waals surface area contributed by atoms with Gasteiger partial charge in [0.25, 0.3) is 0 Å². The van der Waals surface area contributed by atoms with Crippen molar-refractivity contribution in [3.63, 3.8) is 0 Å². The quantitative estimate of drug-likeness (QED) is 0.910. The third-order valence-corrected chi connectivity index (χ3v) is 3.83. The van der Waals surface area contributed by atoms with Crippen LogP contribution in [0.4, 0.5) is 11.4 Å². The second kappa shape index (κ2) is 4.63. The van der Waals surface area contributed by atoms with Crippen LogP contribution in [0.1, 0.15) is 4.88 Å². The summed E-state index contributed by atoms with van der Waals surface area (Å²) in [7, 11) is 0. The zero-order valence-electron chi connectivity index (χ0n) is 7.90. The van der Waals surface area contributed by atoms with E-state index in [4.69, 9.17) is 5.73 Å². The lowest BCUT2D eigenvalue weighted by Gasteiger charge is -2.05. The molecule has 0 aliphatic carbocycles. The second-order valence-corrected chi connectivity index (χ2v) is 4.91. The Bertz CT molecular complexity index is 455. The molecule has 0 atom stereocenters. The van der Waals surface area contributed by atoms with E-state index in [0.29, 0.717) is 5.69 Å². The van der Waals surface area contributed by atoms with Crippen LogP contribution in [0, 0.1) is 0 Å². The number of anilines is 2. The summed E-state index contributed by atoms with van der Waals surface area (Å²) < 4.78 is 1.14. The highest BCUT2D eigenvalue weighted by Gasteiger charge is 2.00. The summed E-state index contributed by atoms with van der Waals surface area (Å²) >= 11 is 5.20. The maximum absolute atomic E-state index is 5.63. The van der Waals surface area contributed by atoms with Gasteiger partial charge in [-0.15, -0.1) is 11.3 Å². The van der Waals surface area contributed by atoms with Crippen molar-refractivity contribution in [3.8, 4) is 0 Å². The van der Waals surface area contributed by atoms with E-state index in [1.54, 1.807) is 23.7 Å². The number of rotatable bonds is 3. The molecule has 78 valence electrons. The summed E-state index contributed by atoms with van der Waals surface area (Å²) in [5.41, 5.74) is 7.24. The Kier molecular flexibility index (Phi) is 3.23. The Hall–Kier alpha value is -1.07. The van der Waals surface area contributed by atoms with Crippen molar-refractivity contribution < 1.29 is 0 Å². The predicted octanol–water partition coefficient (Wildman–Crippen LogP) is 3.10. The molecule has 0 amide bonds. The number of nitrogens with zero attached hydrogens (tertiary/aromatic N) is 1. The van der Waals surface area contributed by atoms with Crippen molar-refractivity contribution in [2.45, 2.75) is 6.54 Å². The van der Waals surface area contributed by atoms with E-state index in [2.05, 4.69) is 31.6 Å². The fourth-order valence-corrected chi connectivity index (χ4v) is 2.62. The number of aromatic nitrogens is 1. The first-order chi connectivity index (χ1) is 7.25. The lowest BCUT2D eigenvalue weighted by molar-refractivity contribution is 1.17. The summed E-state index contributed by atoms with van der Waals surface area (Å²) in [6.45, 7) is 0.781. The van der Waals surface area contributed by atoms with E-state index in [1.165, 1.54) is 4.88 Å². The first kappa shape index (κ1) is 10.4. The second-order valence-electron chi connectivity index (χ2n) is 3.05. The van der Waals surface area contributed by atoms with Gasteiger partial charge < -0.3 is 11.1 Å². The van der Waals surface area contributed by atoms with Crippen LogP contribution in [0.2, 0.25) is 0 Å². The standard InChI is InChI=1S/C10H10BrN3S/c11-9-1-2-15-10(9)6-14-8-3-7(12)4-13-5-8/h1-5,14H,6,12H2. The minimum Gasteiger partial charge on any atom is -0.397 e. The van der Waals surface area contributed by atoms with Crippen LogP contribution in [-0.2, 0) is 6.54 Å². The van der Waals surface area contributed by atoms with Crippen LogP contribution < -0.4 is 11.1 Å². The van der Waals surface area contributed by atoms with Crippen molar-refractivity contribution in [2.24, 2.45) is 0 Å². The first-order valence-electron chi connectivity index (χ1n) is 4.42. The molecule has 15 heavy (non-hydrogen) atoms. The van der Waals surface area contributed by atoms with Gasteiger partial charge in [0.2, 0.25) is 0 Å².